The quantitative estimate of drug-likeness (QED) is 0.403. The zero-order valence-electron chi connectivity index (χ0n) is 23.8. The van der Waals surface area contributed by atoms with Crippen LogP contribution in [0.5, 0.6) is 0 Å². The van der Waals surface area contributed by atoms with Crippen molar-refractivity contribution in [2.75, 3.05) is 5.32 Å². The van der Waals surface area contributed by atoms with E-state index in [1.54, 1.807) is 12.1 Å². The minimum atomic E-state index is -0.312. The highest BCUT2D eigenvalue weighted by atomic mass is 19.1. The van der Waals surface area contributed by atoms with E-state index in [9.17, 15) is 9.18 Å². The number of fused-ring (bicyclic) bond motifs is 5. The van der Waals surface area contributed by atoms with Crippen molar-refractivity contribution in [3.05, 3.63) is 66.0 Å². The third-order valence-electron chi connectivity index (χ3n) is 12.0. The van der Waals surface area contributed by atoms with E-state index in [-0.39, 0.29) is 18.0 Å². The summed E-state index contributed by atoms with van der Waals surface area (Å²) in [5.74, 6) is 3.92. The molecule has 1 amide bonds. The Morgan fingerprint density at radius 3 is 2.44 bits per heavy atom. The first-order valence-electron chi connectivity index (χ1n) is 15.6. The molecule has 0 bridgehead atoms. The Labute approximate surface area is 234 Å². The van der Waals surface area contributed by atoms with Crippen LogP contribution in [-0.4, -0.2) is 12.2 Å². The van der Waals surface area contributed by atoms with E-state index in [0.29, 0.717) is 16.7 Å². The molecule has 4 saturated carbocycles. The molecule has 210 valence electrons. The Hall–Kier alpha value is -2.36. The number of ether oxygens (including phenoxy) is 1. The highest BCUT2D eigenvalue weighted by Gasteiger charge is 2.60. The normalized spacial score (nSPS) is 37.3. The molecule has 39 heavy (non-hydrogen) atoms. The molecule has 0 aromatic heterocycles. The lowest BCUT2D eigenvalue weighted by molar-refractivity contribution is -0.127. The molecule has 4 heteroatoms. The van der Waals surface area contributed by atoms with Gasteiger partial charge in [-0.25, -0.2) is 9.18 Å². The van der Waals surface area contributed by atoms with Crippen LogP contribution in [0.4, 0.5) is 14.9 Å². The van der Waals surface area contributed by atoms with Crippen LogP contribution in [0.2, 0.25) is 0 Å². The molecule has 0 saturated heterocycles. The highest BCUT2D eigenvalue weighted by molar-refractivity contribution is 5.84. The molecule has 2 aromatic carbocycles. The molecule has 1 N–H and O–H groups in total. The standard InChI is InChI=1S/C35H46FNO2/c1-34-22-20-32-30(31(34)18-14-25(34)8-6-7-24-11-15-27(36)16-12-24)17-13-26-23-29(19-21-35(26,32)2)39-33(38)37-28-9-4-3-5-10-28/h3-5,9-12,15-16,25-26,29-32H,6-8,13-14,17-23H2,1-2H3,(H,37,38)/t25?,26?,29?,30-,31?,32?,34+,35-/m0/s1. The maximum Gasteiger partial charge on any atom is 0.411 e. The number of rotatable bonds is 6. The van der Waals surface area contributed by atoms with Gasteiger partial charge in [-0.1, -0.05) is 44.2 Å². The Balaban J connectivity index is 1.04. The first-order valence-corrected chi connectivity index (χ1v) is 15.6. The number of halogens is 1. The summed E-state index contributed by atoms with van der Waals surface area (Å²) in [6.45, 7) is 5.22. The second-order valence-electron chi connectivity index (χ2n) is 13.8. The summed E-state index contributed by atoms with van der Waals surface area (Å²) >= 11 is 0. The molecule has 4 aliphatic carbocycles. The Morgan fingerprint density at radius 1 is 0.897 bits per heavy atom. The number of carbonyl (C=O) groups is 1. The van der Waals surface area contributed by atoms with Crippen molar-refractivity contribution in [1.82, 2.24) is 0 Å². The molecule has 0 spiro atoms. The van der Waals surface area contributed by atoms with Crippen LogP contribution in [0, 0.1) is 46.2 Å². The topological polar surface area (TPSA) is 38.3 Å². The SMILES string of the molecule is C[C@]12CCC(OC(=O)Nc3ccccc3)CC1CC[C@@H]1C2CC[C@]2(C)C(CCCc3ccc(F)cc3)CCC12. The summed E-state index contributed by atoms with van der Waals surface area (Å²) in [4.78, 5) is 12.6. The van der Waals surface area contributed by atoms with Gasteiger partial charge in [0.2, 0.25) is 0 Å². The third-order valence-corrected chi connectivity index (χ3v) is 12.0. The zero-order valence-corrected chi connectivity index (χ0v) is 23.8. The Bertz CT molecular complexity index is 1140. The van der Waals surface area contributed by atoms with Gasteiger partial charge in [0.05, 0.1) is 0 Å². The largest absolute Gasteiger partial charge is 0.446 e. The van der Waals surface area contributed by atoms with Crippen molar-refractivity contribution in [2.24, 2.45) is 40.4 Å². The average molecular weight is 532 g/mol. The number of anilines is 1. The molecule has 6 rings (SSSR count). The lowest BCUT2D eigenvalue weighted by Gasteiger charge is -2.61. The number of amides is 1. The van der Waals surface area contributed by atoms with E-state index in [1.165, 1.54) is 63.4 Å². The van der Waals surface area contributed by atoms with Crippen molar-refractivity contribution < 1.29 is 13.9 Å². The maximum absolute atomic E-state index is 13.3. The fourth-order valence-corrected chi connectivity index (χ4v) is 9.93. The Morgan fingerprint density at radius 2 is 1.64 bits per heavy atom. The van der Waals surface area contributed by atoms with Gasteiger partial charge < -0.3 is 4.74 Å². The Kier molecular flexibility index (Phi) is 7.50. The van der Waals surface area contributed by atoms with E-state index >= 15 is 0 Å². The fourth-order valence-electron chi connectivity index (χ4n) is 9.93. The summed E-state index contributed by atoms with van der Waals surface area (Å²) in [5.41, 5.74) is 2.94. The van der Waals surface area contributed by atoms with Crippen LogP contribution in [0.15, 0.2) is 54.6 Å². The van der Waals surface area contributed by atoms with Crippen molar-refractivity contribution >= 4 is 11.8 Å². The lowest BCUT2D eigenvalue weighted by Crippen LogP contribution is -2.54. The van der Waals surface area contributed by atoms with Crippen LogP contribution in [0.1, 0.15) is 90.0 Å². The average Bonchev–Trinajstić information content (AvgIpc) is 3.27. The maximum atomic E-state index is 13.3. The molecule has 3 nitrogen and oxygen atoms in total. The van der Waals surface area contributed by atoms with Crippen molar-refractivity contribution in [2.45, 2.75) is 97.0 Å². The van der Waals surface area contributed by atoms with Gasteiger partial charge in [0.25, 0.3) is 0 Å². The molecular weight excluding hydrogens is 485 g/mol. The van der Waals surface area contributed by atoms with E-state index in [2.05, 4.69) is 19.2 Å². The number of para-hydroxylation sites is 1. The second-order valence-corrected chi connectivity index (χ2v) is 13.8. The van der Waals surface area contributed by atoms with E-state index in [0.717, 1.165) is 48.6 Å². The van der Waals surface area contributed by atoms with Gasteiger partial charge in [-0.05, 0) is 147 Å². The monoisotopic (exact) mass is 531 g/mol. The lowest BCUT2D eigenvalue weighted by atomic mass is 9.44. The van der Waals surface area contributed by atoms with E-state index in [1.807, 2.05) is 42.5 Å². The van der Waals surface area contributed by atoms with Gasteiger partial charge in [0, 0.05) is 5.69 Å². The van der Waals surface area contributed by atoms with Crippen LogP contribution in [0.3, 0.4) is 0 Å². The van der Waals surface area contributed by atoms with Gasteiger partial charge in [-0.3, -0.25) is 5.32 Å². The van der Waals surface area contributed by atoms with Crippen LogP contribution in [-0.2, 0) is 11.2 Å². The zero-order chi connectivity index (χ0) is 27.0. The number of carbonyl (C=O) groups excluding carboxylic acids is 1. The molecule has 5 unspecified atom stereocenters. The highest BCUT2D eigenvalue weighted by Crippen LogP contribution is 2.68. The van der Waals surface area contributed by atoms with Gasteiger partial charge in [0.1, 0.15) is 11.9 Å². The smallest absolute Gasteiger partial charge is 0.411 e. The van der Waals surface area contributed by atoms with E-state index in [4.69, 9.17) is 4.74 Å². The summed E-state index contributed by atoms with van der Waals surface area (Å²) in [7, 11) is 0. The van der Waals surface area contributed by atoms with Crippen LogP contribution in [0.25, 0.3) is 0 Å². The first kappa shape index (κ1) is 26.8. The third kappa shape index (κ3) is 5.25. The molecule has 0 radical (unpaired) electrons. The number of benzene rings is 2. The fraction of sp³-hybridized carbons (Fsp3) is 0.629. The number of hydrogen-bond acceptors (Lipinski definition) is 2. The van der Waals surface area contributed by atoms with Gasteiger partial charge in [-0.15, -0.1) is 0 Å². The number of aryl methyl sites for hydroxylation is 1. The minimum Gasteiger partial charge on any atom is -0.446 e. The number of nitrogens with one attached hydrogen (secondary N) is 1. The molecule has 2 aromatic rings. The molecule has 8 atom stereocenters. The van der Waals surface area contributed by atoms with Crippen LogP contribution < -0.4 is 5.32 Å². The molecular formula is C35H46FNO2. The predicted molar refractivity (Wildman–Crippen MR) is 155 cm³/mol. The van der Waals surface area contributed by atoms with Crippen molar-refractivity contribution in [1.29, 1.82) is 0 Å². The summed E-state index contributed by atoms with van der Waals surface area (Å²) in [6, 6.07) is 16.7. The van der Waals surface area contributed by atoms with Crippen molar-refractivity contribution in [3.63, 3.8) is 0 Å². The second kappa shape index (κ2) is 10.9. The molecule has 0 heterocycles. The number of hydrogen-bond donors (Lipinski definition) is 1. The summed E-state index contributed by atoms with van der Waals surface area (Å²) in [5, 5.41) is 2.90. The van der Waals surface area contributed by atoms with Crippen LogP contribution >= 0.6 is 0 Å². The van der Waals surface area contributed by atoms with Crippen molar-refractivity contribution in [3.8, 4) is 0 Å². The molecule has 0 aliphatic heterocycles. The van der Waals surface area contributed by atoms with Gasteiger partial charge >= 0.3 is 6.09 Å². The van der Waals surface area contributed by atoms with E-state index < -0.39 is 0 Å². The molecule has 4 aliphatic rings. The first-order chi connectivity index (χ1) is 18.8. The predicted octanol–water partition coefficient (Wildman–Crippen LogP) is 9.42. The summed E-state index contributed by atoms with van der Waals surface area (Å²) < 4.78 is 19.2. The molecule has 4 fully saturated rings. The van der Waals surface area contributed by atoms with Gasteiger partial charge in [0.15, 0.2) is 0 Å². The minimum absolute atomic E-state index is 0.0363. The van der Waals surface area contributed by atoms with Gasteiger partial charge in [-0.2, -0.15) is 0 Å². The summed E-state index contributed by atoms with van der Waals surface area (Å²) in [6.07, 6.45) is 14.7.